The molecule has 23 heavy (non-hydrogen) atoms. The Bertz CT molecular complexity index is 512. The van der Waals surface area contributed by atoms with Crippen LogP contribution in [0.2, 0.25) is 18.1 Å². The molecule has 132 valence electrons. The van der Waals surface area contributed by atoms with E-state index in [1.807, 2.05) is 0 Å². The number of allylic oxidation sites excluding steroid dienone is 2. The van der Waals surface area contributed by atoms with E-state index in [4.69, 9.17) is 4.43 Å². The zero-order valence-corrected chi connectivity index (χ0v) is 17.5. The van der Waals surface area contributed by atoms with Crippen molar-refractivity contribution in [2.24, 2.45) is 16.2 Å². The minimum Gasteiger partial charge on any atom is -0.417 e. The monoisotopic (exact) mass is 336 g/mol. The number of ketones is 1. The van der Waals surface area contributed by atoms with Crippen molar-refractivity contribution in [3.05, 3.63) is 12.2 Å². The Hall–Kier alpha value is -0.413. The Balaban J connectivity index is 2.01. The Morgan fingerprint density at radius 1 is 1.13 bits per heavy atom. The highest BCUT2D eigenvalue weighted by molar-refractivity contribution is 6.74. The molecule has 2 nitrogen and oxygen atoms in total. The van der Waals surface area contributed by atoms with E-state index < -0.39 is 8.32 Å². The van der Waals surface area contributed by atoms with Gasteiger partial charge in [-0.05, 0) is 50.7 Å². The zero-order chi connectivity index (χ0) is 17.7. The first-order valence-electron chi connectivity index (χ1n) is 9.17. The quantitative estimate of drug-likeness (QED) is 0.363. The standard InChI is InChI=1S/C20H36O2Si/c1-17(2,3)23(7,8)22-15-9-10-20-13-11-19(6,12-14-20)16(21)18(20,4)5/h11,13H,9-10,12,14-15H2,1-8H3. The SMILES string of the molecule is CC12C=CC(CCCO[Si](C)(C)C(C)(C)C)(CC1)C(C)(C)C2=O. The lowest BCUT2D eigenvalue weighted by Crippen LogP contribution is -2.56. The number of Topliss-reactive ketones (excluding diaryl/α,β-unsaturated/α-hetero) is 1. The zero-order valence-electron chi connectivity index (χ0n) is 16.5. The summed E-state index contributed by atoms with van der Waals surface area (Å²) in [6, 6.07) is 0. The molecular formula is C20H36O2Si. The minimum atomic E-state index is -1.66. The van der Waals surface area contributed by atoms with Crippen LogP contribution in [0.3, 0.4) is 0 Å². The lowest BCUT2D eigenvalue weighted by Gasteiger charge is -2.56. The summed E-state index contributed by atoms with van der Waals surface area (Å²) in [6.07, 6.45) is 8.81. The summed E-state index contributed by atoms with van der Waals surface area (Å²) >= 11 is 0. The molecule has 3 aliphatic carbocycles. The van der Waals surface area contributed by atoms with E-state index in [9.17, 15) is 4.79 Å². The molecule has 3 rings (SSSR count). The van der Waals surface area contributed by atoms with Crippen molar-refractivity contribution in [3.63, 3.8) is 0 Å². The maximum Gasteiger partial charge on any atom is 0.191 e. The van der Waals surface area contributed by atoms with E-state index in [1.54, 1.807) is 0 Å². The van der Waals surface area contributed by atoms with Crippen LogP contribution in [-0.2, 0) is 9.22 Å². The summed E-state index contributed by atoms with van der Waals surface area (Å²) < 4.78 is 6.33. The molecule has 2 unspecified atom stereocenters. The fourth-order valence-electron chi connectivity index (χ4n) is 4.10. The molecule has 2 bridgehead atoms. The lowest BCUT2D eigenvalue weighted by molar-refractivity contribution is -0.149. The summed E-state index contributed by atoms with van der Waals surface area (Å²) in [5.74, 6) is 0.434. The van der Waals surface area contributed by atoms with Gasteiger partial charge in [0, 0.05) is 22.9 Å². The van der Waals surface area contributed by atoms with Crippen molar-refractivity contribution in [2.75, 3.05) is 6.61 Å². The Labute approximate surface area is 144 Å². The van der Waals surface area contributed by atoms with E-state index >= 15 is 0 Å². The Kier molecular flexibility index (Phi) is 4.57. The first kappa shape index (κ1) is 18.9. The average molecular weight is 337 g/mol. The smallest absolute Gasteiger partial charge is 0.191 e. The minimum absolute atomic E-state index is 0.0403. The Morgan fingerprint density at radius 3 is 2.22 bits per heavy atom. The number of hydrogen-bond acceptors (Lipinski definition) is 2. The number of carbonyl (C=O) groups is 1. The highest BCUT2D eigenvalue weighted by Gasteiger charge is 2.59. The van der Waals surface area contributed by atoms with Gasteiger partial charge >= 0.3 is 0 Å². The molecule has 0 spiro atoms. The molecule has 0 saturated heterocycles. The third-order valence-electron chi connectivity index (χ3n) is 7.23. The first-order valence-corrected chi connectivity index (χ1v) is 12.1. The highest BCUT2D eigenvalue weighted by Crippen LogP contribution is 2.61. The summed E-state index contributed by atoms with van der Waals surface area (Å²) in [4.78, 5) is 12.9. The van der Waals surface area contributed by atoms with Crippen LogP contribution in [0.25, 0.3) is 0 Å². The van der Waals surface area contributed by atoms with Gasteiger partial charge < -0.3 is 4.43 Å². The molecule has 0 aromatic carbocycles. The van der Waals surface area contributed by atoms with Crippen molar-refractivity contribution in [1.82, 2.24) is 0 Å². The third-order valence-corrected chi connectivity index (χ3v) is 11.8. The van der Waals surface area contributed by atoms with E-state index in [-0.39, 0.29) is 21.3 Å². The normalized spacial score (nSPS) is 33.3. The topological polar surface area (TPSA) is 26.3 Å². The van der Waals surface area contributed by atoms with Gasteiger partial charge in [0.25, 0.3) is 0 Å². The number of rotatable bonds is 5. The largest absolute Gasteiger partial charge is 0.417 e. The lowest BCUT2D eigenvalue weighted by atomic mass is 9.46. The van der Waals surface area contributed by atoms with Crippen LogP contribution in [0.4, 0.5) is 0 Å². The second-order valence-electron chi connectivity index (χ2n) is 10.1. The molecule has 0 radical (unpaired) electrons. The molecule has 3 heteroatoms. The summed E-state index contributed by atoms with van der Waals surface area (Å²) in [7, 11) is -1.66. The maximum atomic E-state index is 12.9. The van der Waals surface area contributed by atoms with Crippen LogP contribution in [0.1, 0.15) is 67.2 Å². The van der Waals surface area contributed by atoms with Crippen molar-refractivity contribution in [1.29, 1.82) is 0 Å². The second-order valence-corrected chi connectivity index (χ2v) is 14.9. The van der Waals surface area contributed by atoms with Gasteiger partial charge in [-0.25, -0.2) is 0 Å². The fourth-order valence-corrected chi connectivity index (χ4v) is 5.18. The van der Waals surface area contributed by atoms with Gasteiger partial charge in [0.2, 0.25) is 0 Å². The van der Waals surface area contributed by atoms with E-state index in [0.29, 0.717) is 5.78 Å². The van der Waals surface area contributed by atoms with Gasteiger partial charge in [0.1, 0.15) is 5.78 Å². The molecule has 0 aromatic rings. The molecular weight excluding hydrogens is 300 g/mol. The third kappa shape index (κ3) is 2.99. The van der Waals surface area contributed by atoms with Crippen LogP contribution in [-0.4, -0.2) is 20.7 Å². The molecule has 0 N–H and O–H groups in total. The second kappa shape index (κ2) is 5.55. The molecule has 3 aliphatic rings. The number of hydrogen-bond donors (Lipinski definition) is 0. The summed E-state index contributed by atoms with van der Waals surface area (Å²) in [6.45, 7) is 18.7. The van der Waals surface area contributed by atoms with E-state index in [0.717, 1.165) is 32.3 Å². The van der Waals surface area contributed by atoms with Gasteiger partial charge in [-0.2, -0.15) is 0 Å². The first-order chi connectivity index (χ1) is 10.3. The molecule has 2 atom stereocenters. The average Bonchev–Trinajstić information content (AvgIpc) is 2.42. The van der Waals surface area contributed by atoms with E-state index in [2.05, 4.69) is 66.8 Å². The highest BCUT2D eigenvalue weighted by atomic mass is 28.4. The van der Waals surface area contributed by atoms with Crippen molar-refractivity contribution < 1.29 is 9.22 Å². The Morgan fingerprint density at radius 2 is 1.74 bits per heavy atom. The summed E-state index contributed by atoms with van der Waals surface area (Å²) in [5.41, 5.74) is -0.423. The summed E-state index contributed by atoms with van der Waals surface area (Å²) in [5, 5.41) is 0.262. The molecule has 0 aromatic heterocycles. The van der Waals surface area contributed by atoms with Crippen LogP contribution in [0.5, 0.6) is 0 Å². The molecule has 0 amide bonds. The van der Waals surface area contributed by atoms with Gasteiger partial charge in [-0.1, -0.05) is 46.8 Å². The molecule has 0 heterocycles. The van der Waals surface area contributed by atoms with Crippen molar-refractivity contribution in [3.8, 4) is 0 Å². The van der Waals surface area contributed by atoms with Crippen LogP contribution in [0.15, 0.2) is 12.2 Å². The fraction of sp³-hybridized carbons (Fsp3) is 0.850. The van der Waals surface area contributed by atoms with Crippen LogP contribution >= 0.6 is 0 Å². The van der Waals surface area contributed by atoms with Gasteiger partial charge in [0.15, 0.2) is 8.32 Å². The van der Waals surface area contributed by atoms with Crippen molar-refractivity contribution >= 4 is 14.1 Å². The van der Waals surface area contributed by atoms with Gasteiger partial charge in [-0.15, -0.1) is 0 Å². The molecule has 1 fully saturated rings. The van der Waals surface area contributed by atoms with Crippen molar-refractivity contribution in [2.45, 2.75) is 85.4 Å². The predicted octanol–water partition coefficient (Wildman–Crippen LogP) is 5.74. The molecule has 1 saturated carbocycles. The van der Waals surface area contributed by atoms with Gasteiger partial charge in [-0.3, -0.25) is 4.79 Å². The van der Waals surface area contributed by atoms with E-state index in [1.165, 1.54) is 0 Å². The van der Waals surface area contributed by atoms with Gasteiger partial charge in [0.05, 0.1) is 0 Å². The molecule has 0 aliphatic heterocycles. The number of carbonyl (C=O) groups excluding carboxylic acids is 1. The van der Waals surface area contributed by atoms with Crippen LogP contribution in [0, 0.1) is 16.2 Å². The predicted molar refractivity (Wildman–Crippen MR) is 100 cm³/mol. The van der Waals surface area contributed by atoms with Crippen LogP contribution < -0.4 is 0 Å². The maximum absolute atomic E-state index is 12.9. The number of fused-ring (bicyclic) bond motifs is 2.